The summed E-state index contributed by atoms with van der Waals surface area (Å²) in [6.07, 6.45) is 0. The molecular formula is C17H8ClNO3. The maximum Gasteiger partial charge on any atom is 0.365 e. The Morgan fingerprint density at radius 1 is 0.909 bits per heavy atom. The summed E-state index contributed by atoms with van der Waals surface area (Å²) in [6, 6.07) is 14.7. The van der Waals surface area contributed by atoms with Crippen molar-refractivity contribution in [1.82, 2.24) is 4.98 Å². The second-order valence-corrected chi connectivity index (χ2v) is 5.39. The van der Waals surface area contributed by atoms with E-state index in [1.54, 1.807) is 18.2 Å². The van der Waals surface area contributed by atoms with Gasteiger partial charge in [-0.1, -0.05) is 41.9 Å². The summed E-state index contributed by atoms with van der Waals surface area (Å²) in [7, 11) is 0. The van der Waals surface area contributed by atoms with E-state index in [0.717, 1.165) is 11.1 Å². The number of benzene rings is 2. The van der Waals surface area contributed by atoms with Crippen molar-refractivity contribution in [3.05, 3.63) is 64.8 Å². The van der Waals surface area contributed by atoms with Gasteiger partial charge in [0.25, 0.3) is 0 Å². The molecule has 1 aliphatic heterocycles. The third kappa shape index (κ3) is 1.89. The van der Waals surface area contributed by atoms with Gasteiger partial charge in [0.05, 0.1) is 11.1 Å². The van der Waals surface area contributed by atoms with Crippen LogP contribution in [-0.4, -0.2) is 16.9 Å². The molecule has 0 spiro atoms. The minimum absolute atomic E-state index is 0.0528. The molecule has 0 atom stereocenters. The topological polar surface area (TPSA) is 56.3 Å². The number of fused-ring (bicyclic) bond motifs is 2. The van der Waals surface area contributed by atoms with E-state index in [-0.39, 0.29) is 11.3 Å². The van der Waals surface area contributed by atoms with Gasteiger partial charge in [0.2, 0.25) is 0 Å². The Kier molecular flexibility index (Phi) is 2.74. The number of hydrogen-bond donors (Lipinski definition) is 0. The first-order valence-electron chi connectivity index (χ1n) is 6.60. The predicted octanol–water partition coefficient (Wildman–Crippen LogP) is 3.87. The average molecular weight is 310 g/mol. The first kappa shape index (κ1) is 13.0. The highest BCUT2D eigenvalue weighted by atomic mass is 35.5. The first-order chi connectivity index (χ1) is 10.6. The van der Waals surface area contributed by atoms with Gasteiger partial charge in [0.1, 0.15) is 0 Å². The molecule has 106 valence electrons. The first-order valence-corrected chi connectivity index (χ1v) is 6.97. The Balaban J connectivity index is 2.08. The zero-order chi connectivity index (χ0) is 15.3. The monoisotopic (exact) mass is 309 g/mol. The van der Waals surface area contributed by atoms with Gasteiger partial charge in [-0.15, -0.1) is 0 Å². The normalized spacial score (nSPS) is 13.3. The highest BCUT2D eigenvalue weighted by molar-refractivity contribution is 6.32. The number of carbonyl (C=O) groups is 2. The van der Waals surface area contributed by atoms with Gasteiger partial charge < -0.3 is 4.74 Å². The molecule has 5 heteroatoms. The maximum atomic E-state index is 11.7. The van der Waals surface area contributed by atoms with Gasteiger partial charge in [-0.05, 0) is 23.8 Å². The smallest absolute Gasteiger partial charge is 0.365 e. The molecule has 2 heterocycles. The van der Waals surface area contributed by atoms with Crippen LogP contribution in [0.4, 0.5) is 0 Å². The van der Waals surface area contributed by atoms with Crippen LogP contribution in [-0.2, 0) is 4.74 Å². The number of esters is 2. The molecule has 0 saturated heterocycles. The fraction of sp³-hybridized carbons (Fsp3) is 0. The lowest BCUT2D eigenvalue weighted by Gasteiger charge is -2.08. The summed E-state index contributed by atoms with van der Waals surface area (Å²) < 4.78 is 4.61. The second kappa shape index (κ2) is 4.64. The van der Waals surface area contributed by atoms with Gasteiger partial charge in [0, 0.05) is 16.0 Å². The van der Waals surface area contributed by atoms with Crippen LogP contribution >= 0.6 is 11.6 Å². The van der Waals surface area contributed by atoms with E-state index in [9.17, 15) is 9.59 Å². The number of cyclic esters (lactones) is 2. The Morgan fingerprint density at radius 2 is 1.68 bits per heavy atom. The summed E-state index contributed by atoms with van der Waals surface area (Å²) in [4.78, 5) is 27.7. The van der Waals surface area contributed by atoms with E-state index in [4.69, 9.17) is 11.6 Å². The van der Waals surface area contributed by atoms with Crippen LogP contribution in [0.1, 0.15) is 20.8 Å². The fourth-order valence-corrected chi connectivity index (χ4v) is 2.81. The van der Waals surface area contributed by atoms with Gasteiger partial charge in [-0.2, -0.15) is 0 Å². The quantitative estimate of drug-likeness (QED) is 0.506. The standard InChI is InChI=1S/C17H8ClNO3/c18-11-6-10-7-13-15(17(21)22-16(13)20)19-14(10)12(8-11)9-4-2-1-3-5-9/h1-8H. The van der Waals surface area contributed by atoms with Crippen LogP contribution in [0.25, 0.3) is 22.0 Å². The number of pyridine rings is 1. The molecule has 1 aliphatic rings. The molecule has 0 aliphatic carbocycles. The summed E-state index contributed by atoms with van der Waals surface area (Å²) in [6.45, 7) is 0. The van der Waals surface area contributed by atoms with Gasteiger partial charge in [-0.25, -0.2) is 14.6 Å². The number of hydrogen-bond acceptors (Lipinski definition) is 4. The van der Waals surface area contributed by atoms with Crippen LogP contribution in [0.2, 0.25) is 5.02 Å². The van der Waals surface area contributed by atoms with Crippen LogP contribution in [0.5, 0.6) is 0 Å². The van der Waals surface area contributed by atoms with E-state index < -0.39 is 11.9 Å². The Hall–Kier alpha value is -2.72. The van der Waals surface area contributed by atoms with Crippen LogP contribution < -0.4 is 0 Å². The minimum Gasteiger partial charge on any atom is -0.384 e. The molecule has 22 heavy (non-hydrogen) atoms. The third-order valence-electron chi connectivity index (χ3n) is 3.57. The second-order valence-electron chi connectivity index (χ2n) is 4.95. The summed E-state index contributed by atoms with van der Waals surface area (Å²) in [5, 5.41) is 1.22. The molecule has 1 aromatic heterocycles. The number of ether oxygens (including phenoxy) is 1. The summed E-state index contributed by atoms with van der Waals surface area (Å²) in [5.41, 5.74) is 2.58. The van der Waals surface area contributed by atoms with Crippen molar-refractivity contribution in [2.24, 2.45) is 0 Å². The fourth-order valence-electron chi connectivity index (χ4n) is 2.59. The molecule has 0 saturated carbocycles. The molecule has 0 radical (unpaired) electrons. The van der Waals surface area contributed by atoms with E-state index in [1.807, 2.05) is 30.3 Å². The molecule has 3 aromatic rings. The third-order valence-corrected chi connectivity index (χ3v) is 3.78. The van der Waals surface area contributed by atoms with Crippen LogP contribution in [0.3, 0.4) is 0 Å². The van der Waals surface area contributed by atoms with Crippen molar-refractivity contribution >= 4 is 34.4 Å². The molecule has 0 unspecified atom stereocenters. The molecule has 0 bridgehead atoms. The number of aromatic nitrogens is 1. The number of nitrogens with zero attached hydrogens (tertiary/aromatic N) is 1. The lowest BCUT2D eigenvalue weighted by Crippen LogP contribution is -1.99. The van der Waals surface area contributed by atoms with E-state index in [1.165, 1.54) is 0 Å². The van der Waals surface area contributed by atoms with Gasteiger partial charge in [-0.3, -0.25) is 0 Å². The molecule has 4 nitrogen and oxygen atoms in total. The van der Waals surface area contributed by atoms with Crippen molar-refractivity contribution in [3.8, 4) is 11.1 Å². The molecule has 4 rings (SSSR count). The van der Waals surface area contributed by atoms with Crippen molar-refractivity contribution in [3.63, 3.8) is 0 Å². The van der Waals surface area contributed by atoms with E-state index in [2.05, 4.69) is 9.72 Å². The van der Waals surface area contributed by atoms with Crippen molar-refractivity contribution in [2.75, 3.05) is 0 Å². The van der Waals surface area contributed by atoms with E-state index >= 15 is 0 Å². The lowest BCUT2D eigenvalue weighted by molar-refractivity contribution is 0.0441. The maximum absolute atomic E-state index is 11.7. The Labute approximate surface area is 130 Å². The molecule has 2 aromatic carbocycles. The minimum atomic E-state index is -0.712. The highest BCUT2D eigenvalue weighted by Gasteiger charge is 2.32. The molecule has 0 N–H and O–H groups in total. The number of halogens is 1. The zero-order valence-corrected chi connectivity index (χ0v) is 11.9. The molecule has 0 fully saturated rings. The molecular weight excluding hydrogens is 302 g/mol. The average Bonchev–Trinajstić information content (AvgIpc) is 2.80. The van der Waals surface area contributed by atoms with Gasteiger partial charge >= 0.3 is 11.9 Å². The van der Waals surface area contributed by atoms with Crippen LogP contribution in [0.15, 0.2) is 48.5 Å². The largest absolute Gasteiger partial charge is 0.384 e. The van der Waals surface area contributed by atoms with E-state index in [0.29, 0.717) is 15.9 Å². The van der Waals surface area contributed by atoms with Crippen molar-refractivity contribution in [1.29, 1.82) is 0 Å². The SMILES string of the molecule is O=C1OC(=O)c2nc3c(-c4ccccc4)cc(Cl)cc3cc21. The van der Waals surface area contributed by atoms with Crippen molar-refractivity contribution < 1.29 is 14.3 Å². The molecule has 0 amide bonds. The predicted molar refractivity (Wildman–Crippen MR) is 81.9 cm³/mol. The summed E-state index contributed by atoms with van der Waals surface area (Å²) in [5.74, 6) is -1.38. The number of rotatable bonds is 1. The Morgan fingerprint density at radius 3 is 2.45 bits per heavy atom. The zero-order valence-electron chi connectivity index (χ0n) is 11.2. The number of carbonyl (C=O) groups excluding carboxylic acids is 2. The highest BCUT2D eigenvalue weighted by Crippen LogP contribution is 2.33. The Bertz CT molecular complexity index is 951. The van der Waals surface area contributed by atoms with Gasteiger partial charge in [0.15, 0.2) is 5.69 Å². The summed E-state index contributed by atoms with van der Waals surface area (Å²) >= 11 is 6.18. The lowest BCUT2D eigenvalue weighted by atomic mass is 10.0. The van der Waals surface area contributed by atoms with Crippen LogP contribution in [0, 0.1) is 0 Å². The van der Waals surface area contributed by atoms with Crippen molar-refractivity contribution in [2.45, 2.75) is 0 Å².